The minimum absolute atomic E-state index is 0.104. The maximum Gasteiger partial charge on any atom is 0.264 e. The van der Waals surface area contributed by atoms with Gasteiger partial charge in [-0.15, -0.1) is 11.3 Å². The molecule has 0 unspecified atom stereocenters. The van der Waals surface area contributed by atoms with E-state index < -0.39 is 0 Å². The number of nitrogens with zero attached hydrogens (tertiary/aromatic N) is 2. The van der Waals surface area contributed by atoms with Gasteiger partial charge in [-0.2, -0.15) is 0 Å². The van der Waals surface area contributed by atoms with Crippen LogP contribution < -0.4 is 4.90 Å². The smallest absolute Gasteiger partial charge is 0.264 e. The monoisotopic (exact) mass is 318 g/mol. The Hall–Kier alpha value is -1.72. The number of carbonyl (C=O) groups is 1. The van der Waals surface area contributed by atoms with Gasteiger partial charge in [-0.1, -0.05) is 12.1 Å². The first-order valence-electron chi connectivity index (χ1n) is 7.80. The summed E-state index contributed by atoms with van der Waals surface area (Å²) >= 11 is 1.50. The second kappa shape index (κ2) is 8.66. The fraction of sp³-hybridized carbons (Fsp3) is 0.412. The van der Waals surface area contributed by atoms with Crippen LogP contribution in [0.25, 0.3) is 0 Å². The van der Waals surface area contributed by atoms with E-state index in [1.54, 1.807) is 6.20 Å². The van der Waals surface area contributed by atoms with E-state index >= 15 is 0 Å². The van der Waals surface area contributed by atoms with Crippen LogP contribution in [0.1, 0.15) is 29.2 Å². The molecule has 4 nitrogen and oxygen atoms in total. The predicted molar refractivity (Wildman–Crippen MR) is 90.2 cm³/mol. The Morgan fingerprint density at radius 1 is 1.23 bits per heavy atom. The van der Waals surface area contributed by atoms with Gasteiger partial charge in [0.15, 0.2) is 0 Å². The van der Waals surface area contributed by atoms with Crippen molar-refractivity contribution in [2.75, 3.05) is 26.2 Å². The summed E-state index contributed by atoms with van der Waals surface area (Å²) in [5.41, 5.74) is 0.932. The number of nitrogens with one attached hydrogen (secondary N) is 1. The van der Waals surface area contributed by atoms with Crippen molar-refractivity contribution < 1.29 is 9.69 Å². The number of amides is 1. The molecule has 2 aromatic heterocycles. The molecule has 22 heavy (non-hydrogen) atoms. The number of aromatic nitrogens is 1. The fourth-order valence-corrected chi connectivity index (χ4v) is 3.08. The zero-order chi connectivity index (χ0) is 15.8. The molecule has 0 radical (unpaired) electrons. The van der Waals surface area contributed by atoms with Crippen LogP contribution in [0.2, 0.25) is 0 Å². The first-order valence-corrected chi connectivity index (χ1v) is 8.68. The Balaban J connectivity index is 2.08. The van der Waals surface area contributed by atoms with Crippen molar-refractivity contribution in [2.45, 2.75) is 20.4 Å². The van der Waals surface area contributed by atoms with Crippen molar-refractivity contribution in [3.63, 3.8) is 0 Å². The Kier molecular flexibility index (Phi) is 6.55. The van der Waals surface area contributed by atoms with E-state index in [0.717, 1.165) is 36.8 Å². The van der Waals surface area contributed by atoms with Crippen LogP contribution in [0.5, 0.6) is 0 Å². The van der Waals surface area contributed by atoms with Gasteiger partial charge >= 0.3 is 0 Å². The predicted octanol–water partition coefficient (Wildman–Crippen LogP) is 1.71. The number of carbonyl (C=O) groups excluding carboxylic acids is 1. The lowest BCUT2D eigenvalue weighted by Crippen LogP contribution is -3.12. The standard InChI is InChI=1S/C17H23N3OS/c1-3-19(4-2)11-12-20(14-15-8-5-6-10-18-15)17(21)16-9-7-13-22-16/h5-10,13H,3-4,11-12,14H2,1-2H3/p+1. The molecule has 0 aliphatic rings. The number of thiophene rings is 1. The molecule has 0 atom stereocenters. The van der Waals surface area contributed by atoms with Gasteiger partial charge in [0, 0.05) is 6.20 Å². The molecule has 0 saturated carbocycles. The van der Waals surface area contributed by atoms with Gasteiger partial charge < -0.3 is 9.80 Å². The van der Waals surface area contributed by atoms with Crippen molar-refractivity contribution in [3.8, 4) is 0 Å². The fourth-order valence-electron chi connectivity index (χ4n) is 2.39. The third kappa shape index (κ3) is 4.64. The Morgan fingerprint density at radius 3 is 2.64 bits per heavy atom. The summed E-state index contributed by atoms with van der Waals surface area (Å²) in [5, 5.41) is 1.95. The van der Waals surface area contributed by atoms with Crippen LogP contribution >= 0.6 is 11.3 Å². The maximum absolute atomic E-state index is 12.7. The third-order valence-corrected chi connectivity index (χ3v) is 4.69. The van der Waals surface area contributed by atoms with E-state index in [9.17, 15) is 4.79 Å². The molecule has 118 valence electrons. The van der Waals surface area contributed by atoms with E-state index in [2.05, 4.69) is 18.8 Å². The second-order valence-corrected chi connectivity index (χ2v) is 6.18. The molecular formula is C17H24N3OS+. The van der Waals surface area contributed by atoms with E-state index in [4.69, 9.17) is 0 Å². The minimum atomic E-state index is 0.104. The lowest BCUT2D eigenvalue weighted by molar-refractivity contribution is -0.895. The zero-order valence-electron chi connectivity index (χ0n) is 13.3. The highest BCUT2D eigenvalue weighted by Crippen LogP contribution is 2.13. The number of rotatable bonds is 8. The quantitative estimate of drug-likeness (QED) is 0.804. The van der Waals surface area contributed by atoms with Crippen LogP contribution in [0, 0.1) is 0 Å². The van der Waals surface area contributed by atoms with Crippen LogP contribution in [-0.4, -0.2) is 42.0 Å². The molecule has 0 aliphatic carbocycles. The first kappa shape index (κ1) is 16.6. The largest absolute Gasteiger partial charge is 0.334 e. The van der Waals surface area contributed by atoms with Crippen molar-refractivity contribution in [2.24, 2.45) is 0 Å². The SMILES string of the molecule is CC[NH+](CC)CCN(Cc1ccccn1)C(=O)c1cccs1. The molecule has 0 saturated heterocycles. The normalized spacial score (nSPS) is 10.9. The lowest BCUT2D eigenvalue weighted by Gasteiger charge is -2.24. The molecular weight excluding hydrogens is 294 g/mol. The van der Waals surface area contributed by atoms with Crippen LogP contribution in [0.3, 0.4) is 0 Å². The highest BCUT2D eigenvalue weighted by Gasteiger charge is 2.19. The first-order chi connectivity index (χ1) is 10.7. The molecule has 1 amide bonds. The van der Waals surface area contributed by atoms with E-state index in [-0.39, 0.29) is 5.91 Å². The molecule has 2 rings (SSSR count). The maximum atomic E-state index is 12.7. The topological polar surface area (TPSA) is 37.6 Å². The molecule has 2 heterocycles. The lowest BCUT2D eigenvalue weighted by atomic mass is 10.3. The summed E-state index contributed by atoms with van der Waals surface area (Å²) in [7, 11) is 0. The highest BCUT2D eigenvalue weighted by molar-refractivity contribution is 7.12. The summed E-state index contributed by atoms with van der Waals surface area (Å²) in [4.78, 5) is 21.3. The van der Waals surface area contributed by atoms with Gasteiger partial charge in [0.1, 0.15) is 0 Å². The number of hydrogen-bond acceptors (Lipinski definition) is 3. The molecule has 2 aromatic rings. The molecule has 1 N–H and O–H groups in total. The van der Waals surface area contributed by atoms with Crippen LogP contribution in [0.4, 0.5) is 0 Å². The molecule has 5 heteroatoms. The molecule has 0 spiro atoms. The minimum Gasteiger partial charge on any atom is -0.334 e. The van der Waals surface area contributed by atoms with Gasteiger partial charge in [0.05, 0.1) is 43.3 Å². The van der Waals surface area contributed by atoms with Crippen LogP contribution in [-0.2, 0) is 6.54 Å². The summed E-state index contributed by atoms with van der Waals surface area (Å²) < 4.78 is 0. The van der Waals surface area contributed by atoms with Gasteiger partial charge in [-0.25, -0.2) is 0 Å². The summed E-state index contributed by atoms with van der Waals surface area (Å²) in [6.45, 7) is 8.83. The number of pyridine rings is 1. The van der Waals surface area contributed by atoms with Crippen molar-refractivity contribution in [1.29, 1.82) is 0 Å². The summed E-state index contributed by atoms with van der Waals surface area (Å²) in [6, 6.07) is 9.65. The third-order valence-electron chi connectivity index (χ3n) is 3.83. The molecule has 0 fully saturated rings. The van der Waals surface area contributed by atoms with Crippen molar-refractivity contribution >= 4 is 17.2 Å². The van der Waals surface area contributed by atoms with Gasteiger partial charge in [-0.3, -0.25) is 9.78 Å². The van der Waals surface area contributed by atoms with Crippen molar-refractivity contribution in [3.05, 3.63) is 52.5 Å². The summed E-state index contributed by atoms with van der Waals surface area (Å²) in [6.07, 6.45) is 1.78. The molecule has 0 bridgehead atoms. The van der Waals surface area contributed by atoms with Crippen LogP contribution in [0.15, 0.2) is 41.9 Å². The van der Waals surface area contributed by atoms with Gasteiger partial charge in [-0.05, 0) is 37.4 Å². The Labute approximate surface area is 136 Å². The van der Waals surface area contributed by atoms with E-state index in [0.29, 0.717) is 6.54 Å². The average Bonchev–Trinajstić information content (AvgIpc) is 3.09. The Bertz CT molecular complexity index is 553. The molecule has 0 aliphatic heterocycles. The number of hydrogen-bond donors (Lipinski definition) is 1. The Morgan fingerprint density at radius 2 is 2.05 bits per heavy atom. The number of quaternary nitrogens is 1. The second-order valence-electron chi connectivity index (χ2n) is 5.23. The van der Waals surface area contributed by atoms with E-state index in [1.807, 2.05) is 40.6 Å². The summed E-state index contributed by atoms with van der Waals surface area (Å²) in [5.74, 6) is 0.104. The number of likely N-dealkylation sites (N-methyl/N-ethyl adjacent to an activating group) is 1. The van der Waals surface area contributed by atoms with Gasteiger partial charge in [0.25, 0.3) is 5.91 Å². The highest BCUT2D eigenvalue weighted by atomic mass is 32.1. The van der Waals surface area contributed by atoms with Crippen molar-refractivity contribution in [1.82, 2.24) is 9.88 Å². The van der Waals surface area contributed by atoms with E-state index in [1.165, 1.54) is 16.2 Å². The molecule has 0 aromatic carbocycles. The zero-order valence-corrected chi connectivity index (χ0v) is 14.1. The average molecular weight is 318 g/mol. The van der Waals surface area contributed by atoms with Gasteiger partial charge in [0.2, 0.25) is 0 Å².